The number of nitrogens with one attached hydrogen (secondary N) is 1. The summed E-state index contributed by atoms with van der Waals surface area (Å²) >= 11 is 0. The van der Waals surface area contributed by atoms with Gasteiger partial charge in [0.25, 0.3) is 15.9 Å². The molecule has 1 atom stereocenters. The minimum atomic E-state index is -3.67. The highest BCUT2D eigenvalue weighted by Crippen LogP contribution is 2.24. The van der Waals surface area contributed by atoms with E-state index in [4.69, 9.17) is 4.74 Å². The average Bonchev–Trinajstić information content (AvgIpc) is 2.85. The van der Waals surface area contributed by atoms with E-state index >= 15 is 0 Å². The SMILES string of the molecule is Cc1ccc(S(=O)(=O)N(C)c2ccc(OCC(=O)NCC(Cc3ccccc3)N(C)C)cc2)cc1. The number of rotatable bonds is 11. The van der Waals surface area contributed by atoms with Gasteiger partial charge in [0.05, 0.1) is 10.6 Å². The van der Waals surface area contributed by atoms with Crippen LogP contribution >= 0.6 is 0 Å². The highest BCUT2D eigenvalue weighted by atomic mass is 32.2. The van der Waals surface area contributed by atoms with Gasteiger partial charge in [-0.2, -0.15) is 0 Å². The maximum Gasteiger partial charge on any atom is 0.264 e. The van der Waals surface area contributed by atoms with Crippen LogP contribution in [0.3, 0.4) is 0 Å². The molecule has 1 amide bonds. The number of sulfonamides is 1. The summed E-state index contributed by atoms with van der Waals surface area (Å²) in [6, 6.07) is 23.7. The molecule has 0 aromatic heterocycles. The molecule has 3 aromatic carbocycles. The lowest BCUT2D eigenvalue weighted by atomic mass is 10.1. The van der Waals surface area contributed by atoms with Crippen molar-refractivity contribution in [2.24, 2.45) is 0 Å². The molecular weight excluding hydrogens is 462 g/mol. The van der Waals surface area contributed by atoms with Crippen molar-refractivity contribution in [1.82, 2.24) is 10.2 Å². The fraction of sp³-hybridized carbons (Fsp3) is 0.296. The van der Waals surface area contributed by atoms with Gasteiger partial charge in [-0.05, 0) is 69.4 Å². The smallest absolute Gasteiger partial charge is 0.264 e. The van der Waals surface area contributed by atoms with Crippen LogP contribution in [0.1, 0.15) is 11.1 Å². The van der Waals surface area contributed by atoms with Crippen molar-refractivity contribution >= 4 is 21.6 Å². The van der Waals surface area contributed by atoms with Gasteiger partial charge >= 0.3 is 0 Å². The number of anilines is 1. The normalized spacial score (nSPS) is 12.3. The van der Waals surface area contributed by atoms with E-state index in [1.165, 1.54) is 16.9 Å². The summed E-state index contributed by atoms with van der Waals surface area (Å²) in [5.41, 5.74) is 2.70. The molecule has 3 aromatic rings. The number of likely N-dealkylation sites (N-methyl/N-ethyl adjacent to an activating group) is 1. The van der Waals surface area contributed by atoms with E-state index in [0.717, 1.165) is 12.0 Å². The maximum atomic E-state index is 12.9. The van der Waals surface area contributed by atoms with Crippen molar-refractivity contribution in [3.8, 4) is 5.75 Å². The summed E-state index contributed by atoms with van der Waals surface area (Å²) in [5, 5.41) is 2.93. The topological polar surface area (TPSA) is 78.9 Å². The molecule has 0 aliphatic carbocycles. The van der Waals surface area contributed by atoms with Gasteiger partial charge in [-0.15, -0.1) is 0 Å². The summed E-state index contributed by atoms with van der Waals surface area (Å²) < 4.78 is 32.6. The largest absolute Gasteiger partial charge is 0.484 e. The first-order chi connectivity index (χ1) is 16.7. The van der Waals surface area contributed by atoms with Crippen LogP contribution in [0.2, 0.25) is 0 Å². The molecule has 0 aliphatic heterocycles. The Balaban J connectivity index is 1.52. The summed E-state index contributed by atoms with van der Waals surface area (Å²) in [7, 11) is 1.83. The van der Waals surface area contributed by atoms with E-state index in [2.05, 4.69) is 22.3 Å². The van der Waals surface area contributed by atoms with Gasteiger partial charge in [0, 0.05) is 19.6 Å². The zero-order valence-corrected chi connectivity index (χ0v) is 21.5. The zero-order chi connectivity index (χ0) is 25.4. The minimum absolute atomic E-state index is 0.123. The first-order valence-corrected chi connectivity index (χ1v) is 12.9. The van der Waals surface area contributed by atoms with E-state index in [9.17, 15) is 13.2 Å². The van der Waals surface area contributed by atoms with Crippen LogP contribution in [0, 0.1) is 6.92 Å². The molecule has 0 saturated carbocycles. The van der Waals surface area contributed by atoms with Crippen molar-refractivity contribution in [2.75, 3.05) is 38.6 Å². The number of hydrogen-bond acceptors (Lipinski definition) is 5. The van der Waals surface area contributed by atoms with Crippen LogP contribution in [0.4, 0.5) is 5.69 Å². The second-order valence-corrected chi connectivity index (χ2v) is 10.6. The van der Waals surface area contributed by atoms with Crippen LogP contribution in [0.25, 0.3) is 0 Å². The number of carbonyl (C=O) groups excluding carboxylic acids is 1. The monoisotopic (exact) mass is 495 g/mol. The Bertz CT molecular complexity index is 1200. The highest BCUT2D eigenvalue weighted by molar-refractivity contribution is 7.92. The molecular formula is C27H33N3O4S. The number of nitrogens with zero attached hydrogens (tertiary/aromatic N) is 2. The molecule has 186 valence electrons. The van der Waals surface area contributed by atoms with Crippen LogP contribution in [-0.2, 0) is 21.2 Å². The van der Waals surface area contributed by atoms with Crippen molar-refractivity contribution in [1.29, 1.82) is 0 Å². The van der Waals surface area contributed by atoms with Gasteiger partial charge in [-0.3, -0.25) is 9.10 Å². The van der Waals surface area contributed by atoms with Gasteiger partial charge in [-0.1, -0.05) is 48.0 Å². The summed E-state index contributed by atoms with van der Waals surface area (Å²) in [6.07, 6.45) is 0.829. The Hall–Kier alpha value is -3.36. The molecule has 0 radical (unpaired) electrons. The molecule has 35 heavy (non-hydrogen) atoms. The Kier molecular flexibility index (Phi) is 8.89. The second kappa shape index (κ2) is 11.9. The van der Waals surface area contributed by atoms with E-state index in [1.807, 2.05) is 39.2 Å². The lowest BCUT2D eigenvalue weighted by molar-refractivity contribution is -0.123. The van der Waals surface area contributed by atoms with Crippen LogP contribution in [0.5, 0.6) is 5.75 Å². The summed E-state index contributed by atoms with van der Waals surface area (Å²) in [4.78, 5) is 14.7. The van der Waals surface area contributed by atoms with Crippen molar-refractivity contribution in [2.45, 2.75) is 24.3 Å². The third-order valence-electron chi connectivity index (χ3n) is 5.83. The van der Waals surface area contributed by atoms with Crippen molar-refractivity contribution in [3.05, 3.63) is 90.0 Å². The predicted molar refractivity (Wildman–Crippen MR) is 139 cm³/mol. The lowest BCUT2D eigenvalue weighted by Crippen LogP contribution is -2.42. The van der Waals surface area contributed by atoms with Crippen LogP contribution in [-0.4, -0.2) is 59.6 Å². The number of hydrogen-bond donors (Lipinski definition) is 1. The molecule has 1 unspecified atom stereocenters. The van der Waals surface area contributed by atoms with Crippen LogP contribution in [0.15, 0.2) is 83.8 Å². The van der Waals surface area contributed by atoms with E-state index in [0.29, 0.717) is 18.0 Å². The number of benzene rings is 3. The first kappa shape index (κ1) is 26.2. The van der Waals surface area contributed by atoms with Gasteiger partial charge in [0.2, 0.25) is 0 Å². The fourth-order valence-corrected chi connectivity index (χ4v) is 4.71. The molecule has 0 aliphatic rings. The second-order valence-electron chi connectivity index (χ2n) is 8.68. The van der Waals surface area contributed by atoms with E-state index in [1.54, 1.807) is 48.5 Å². The molecule has 1 N–H and O–H groups in total. The molecule has 0 fully saturated rings. The molecule has 0 bridgehead atoms. The molecule has 0 heterocycles. The molecule has 0 spiro atoms. The third kappa shape index (κ3) is 7.31. The third-order valence-corrected chi connectivity index (χ3v) is 7.63. The quantitative estimate of drug-likeness (QED) is 0.441. The Morgan fingerprint density at radius 1 is 0.914 bits per heavy atom. The first-order valence-electron chi connectivity index (χ1n) is 11.4. The van der Waals surface area contributed by atoms with Crippen LogP contribution < -0.4 is 14.4 Å². The fourth-order valence-electron chi connectivity index (χ4n) is 3.51. The predicted octanol–water partition coefficient (Wildman–Crippen LogP) is 3.49. The van der Waals surface area contributed by atoms with Gasteiger partial charge in [0.15, 0.2) is 6.61 Å². The number of amides is 1. The molecule has 3 rings (SSSR count). The number of aryl methyl sites for hydroxylation is 1. The summed E-state index contributed by atoms with van der Waals surface area (Å²) in [6.45, 7) is 2.29. The van der Waals surface area contributed by atoms with E-state index in [-0.39, 0.29) is 23.5 Å². The molecule has 7 nitrogen and oxygen atoms in total. The number of carbonyl (C=O) groups is 1. The van der Waals surface area contributed by atoms with Crippen molar-refractivity contribution < 1.29 is 17.9 Å². The summed E-state index contributed by atoms with van der Waals surface area (Å²) in [5.74, 6) is 0.270. The minimum Gasteiger partial charge on any atom is -0.484 e. The Morgan fingerprint density at radius 3 is 2.14 bits per heavy atom. The van der Waals surface area contributed by atoms with Gasteiger partial charge < -0.3 is 15.0 Å². The van der Waals surface area contributed by atoms with Gasteiger partial charge in [0.1, 0.15) is 5.75 Å². The molecule has 0 saturated heterocycles. The maximum absolute atomic E-state index is 12.9. The molecule has 8 heteroatoms. The standard InChI is InChI=1S/C27H33N3O4S/c1-21-10-16-26(17-11-21)35(32,33)30(4)23-12-14-25(15-13-23)34-20-27(31)28-19-24(29(2)3)18-22-8-6-5-7-9-22/h5-17,24H,18-20H2,1-4H3,(H,28,31). The van der Waals surface area contributed by atoms with Gasteiger partial charge in [-0.25, -0.2) is 8.42 Å². The zero-order valence-electron chi connectivity index (χ0n) is 20.6. The Labute approximate surface area is 208 Å². The Morgan fingerprint density at radius 2 is 1.54 bits per heavy atom. The van der Waals surface area contributed by atoms with Crippen molar-refractivity contribution in [3.63, 3.8) is 0 Å². The highest BCUT2D eigenvalue weighted by Gasteiger charge is 2.21. The average molecular weight is 496 g/mol. The number of ether oxygens (including phenoxy) is 1. The van der Waals surface area contributed by atoms with E-state index < -0.39 is 10.0 Å². The lowest BCUT2D eigenvalue weighted by Gasteiger charge is -2.24.